The Bertz CT molecular complexity index is 1130. The molecule has 0 aromatic heterocycles. The quantitative estimate of drug-likeness (QED) is 0.165. The van der Waals surface area contributed by atoms with Crippen LogP contribution in [-0.4, -0.2) is 60.2 Å². The van der Waals surface area contributed by atoms with Crippen molar-refractivity contribution in [3.63, 3.8) is 0 Å². The van der Waals surface area contributed by atoms with E-state index in [0.29, 0.717) is 42.8 Å². The molecule has 0 heterocycles. The number of anilines is 1. The number of thioether (sulfide) groups is 1. The zero-order valence-corrected chi connectivity index (χ0v) is 22.9. The van der Waals surface area contributed by atoms with E-state index in [1.54, 1.807) is 60.0 Å². The van der Waals surface area contributed by atoms with Crippen LogP contribution in [0.4, 0.5) is 10.5 Å². The van der Waals surface area contributed by atoms with Gasteiger partial charge in [-0.05, 0) is 73.2 Å². The second-order valence-corrected chi connectivity index (χ2v) is 10.0. The van der Waals surface area contributed by atoms with E-state index in [1.165, 1.54) is 4.90 Å². The third-order valence-electron chi connectivity index (χ3n) is 5.58. The number of carbonyl (C=O) groups excluding carboxylic acids is 1. The molecule has 9 heteroatoms. The maximum atomic E-state index is 13.0. The number of rotatable bonds is 15. The number of nitrogens with one attached hydrogen (secondary N) is 1. The van der Waals surface area contributed by atoms with E-state index in [4.69, 9.17) is 21.1 Å². The van der Waals surface area contributed by atoms with Crippen molar-refractivity contribution in [1.82, 2.24) is 4.90 Å². The highest BCUT2D eigenvalue weighted by Crippen LogP contribution is 2.19. The fourth-order valence-electron chi connectivity index (χ4n) is 3.64. The number of urea groups is 1. The van der Waals surface area contributed by atoms with Crippen molar-refractivity contribution in [2.45, 2.75) is 30.8 Å². The summed E-state index contributed by atoms with van der Waals surface area (Å²) in [5.74, 6) is 0.553. The molecule has 1 unspecified atom stereocenters. The standard InChI is InChI=1S/C29H33ClN2O5S/c1-2-36-27(28(33)34)21-22-9-15-25(16-10-22)37-19-18-32(17-6-20-38-26-7-4-3-5-8-26)29(35)31-24-13-11-23(30)12-14-24/h3-5,7-16,27H,2,6,17-21H2,1H3,(H,31,35)(H,33,34). The Morgan fingerprint density at radius 1 is 1.00 bits per heavy atom. The minimum Gasteiger partial charge on any atom is -0.492 e. The fraction of sp³-hybridized carbons (Fsp3) is 0.310. The topological polar surface area (TPSA) is 88.1 Å². The Morgan fingerprint density at radius 2 is 1.71 bits per heavy atom. The molecule has 202 valence electrons. The number of carbonyl (C=O) groups is 2. The molecule has 0 aliphatic carbocycles. The summed E-state index contributed by atoms with van der Waals surface area (Å²) >= 11 is 7.72. The van der Waals surface area contributed by atoms with Crippen LogP contribution in [0.1, 0.15) is 18.9 Å². The number of nitrogens with zero attached hydrogens (tertiary/aromatic N) is 1. The molecule has 1 atom stereocenters. The van der Waals surface area contributed by atoms with E-state index in [-0.39, 0.29) is 12.5 Å². The largest absolute Gasteiger partial charge is 0.492 e. The molecule has 0 fully saturated rings. The molecular formula is C29H33ClN2O5S. The van der Waals surface area contributed by atoms with Crippen LogP contribution in [-0.2, 0) is 16.0 Å². The normalized spacial score (nSPS) is 11.5. The SMILES string of the molecule is CCOC(Cc1ccc(OCCN(CCCSc2ccccc2)C(=O)Nc2ccc(Cl)cc2)cc1)C(=O)O. The lowest BCUT2D eigenvalue weighted by Crippen LogP contribution is -2.38. The first-order valence-corrected chi connectivity index (χ1v) is 13.9. The molecule has 2 N–H and O–H groups in total. The molecule has 3 aromatic carbocycles. The van der Waals surface area contributed by atoms with Crippen molar-refractivity contribution < 1.29 is 24.2 Å². The summed E-state index contributed by atoms with van der Waals surface area (Å²) in [5, 5.41) is 12.8. The fourth-order valence-corrected chi connectivity index (χ4v) is 4.63. The molecule has 0 aliphatic rings. The molecule has 38 heavy (non-hydrogen) atoms. The molecule has 0 saturated heterocycles. The monoisotopic (exact) mass is 556 g/mol. The number of carboxylic acids is 1. The van der Waals surface area contributed by atoms with Gasteiger partial charge in [-0.25, -0.2) is 9.59 Å². The molecule has 3 aromatic rings. The second kappa shape index (κ2) is 15.9. The van der Waals surface area contributed by atoms with Gasteiger partial charge in [-0.2, -0.15) is 0 Å². The third-order valence-corrected chi connectivity index (χ3v) is 6.93. The third kappa shape index (κ3) is 10.3. The Kier molecular flexibility index (Phi) is 12.3. The lowest BCUT2D eigenvalue weighted by atomic mass is 10.1. The van der Waals surface area contributed by atoms with E-state index < -0.39 is 12.1 Å². The Labute approximate surface area is 233 Å². The number of hydrogen-bond acceptors (Lipinski definition) is 5. The van der Waals surface area contributed by atoms with Crippen LogP contribution in [0.15, 0.2) is 83.8 Å². The van der Waals surface area contributed by atoms with Crippen molar-refractivity contribution in [2.75, 3.05) is 37.4 Å². The number of ether oxygens (including phenoxy) is 2. The van der Waals surface area contributed by atoms with Gasteiger partial charge in [-0.1, -0.05) is 41.9 Å². The number of halogens is 1. The van der Waals surface area contributed by atoms with Crippen molar-refractivity contribution in [2.24, 2.45) is 0 Å². The molecule has 0 spiro atoms. The number of hydrogen-bond donors (Lipinski definition) is 2. The summed E-state index contributed by atoms with van der Waals surface area (Å²) in [7, 11) is 0. The maximum absolute atomic E-state index is 13.0. The molecule has 7 nitrogen and oxygen atoms in total. The minimum atomic E-state index is -0.980. The van der Waals surface area contributed by atoms with Gasteiger partial charge in [0.25, 0.3) is 0 Å². The highest BCUT2D eigenvalue weighted by molar-refractivity contribution is 7.99. The lowest BCUT2D eigenvalue weighted by molar-refractivity contribution is -0.149. The van der Waals surface area contributed by atoms with Gasteiger partial charge in [0.1, 0.15) is 12.4 Å². The molecular weight excluding hydrogens is 524 g/mol. The summed E-state index contributed by atoms with van der Waals surface area (Å²) in [6.07, 6.45) is 0.232. The van der Waals surface area contributed by atoms with E-state index in [1.807, 2.05) is 30.3 Å². The molecule has 0 aliphatic heterocycles. The van der Waals surface area contributed by atoms with Crippen LogP contribution in [0.5, 0.6) is 5.75 Å². The van der Waals surface area contributed by atoms with Crippen molar-refractivity contribution in [3.05, 3.63) is 89.4 Å². The zero-order chi connectivity index (χ0) is 27.2. The highest BCUT2D eigenvalue weighted by atomic mass is 35.5. The number of benzene rings is 3. The lowest BCUT2D eigenvalue weighted by Gasteiger charge is -2.23. The first-order valence-electron chi connectivity index (χ1n) is 12.5. The predicted molar refractivity (Wildman–Crippen MR) is 153 cm³/mol. The van der Waals surface area contributed by atoms with Gasteiger partial charge in [0.2, 0.25) is 0 Å². The number of aliphatic carboxylic acids is 1. The van der Waals surface area contributed by atoms with Gasteiger partial charge in [-0.15, -0.1) is 11.8 Å². The average molecular weight is 557 g/mol. The first-order chi connectivity index (χ1) is 18.4. The molecule has 0 radical (unpaired) electrons. The number of carboxylic acid groups (broad SMARTS) is 1. The smallest absolute Gasteiger partial charge is 0.333 e. The van der Waals surface area contributed by atoms with Crippen LogP contribution in [0.25, 0.3) is 0 Å². The van der Waals surface area contributed by atoms with Gasteiger partial charge in [0.05, 0.1) is 6.54 Å². The van der Waals surface area contributed by atoms with Gasteiger partial charge in [0.15, 0.2) is 6.10 Å². The van der Waals surface area contributed by atoms with Crippen molar-refractivity contribution in [1.29, 1.82) is 0 Å². The van der Waals surface area contributed by atoms with Gasteiger partial charge in [-0.3, -0.25) is 0 Å². The minimum absolute atomic E-state index is 0.202. The maximum Gasteiger partial charge on any atom is 0.333 e. The Morgan fingerprint density at radius 3 is 2.37 bits per heavy atom. The van der Waals surface area contributed by atoms with Gasteiger partial charge in [0, 0.05) is 35.2 Å². The highest BCUT2D eigenvalue weighted by Gasteiger charge is 2.18. The van der Waals surface area contributed by atoms with Crippen LogP contribution in [0.2, 0.25) is 5.02 Å². The van der Waals surface area contributed by atoms with Crippen molar-refractivity contribution >= 4 is 41.1 Å². The van der Waals surface area contributed by atoms with Crippen LogP contribution in [0, 0.1) is 0 Å². The molecule has 3 rings (SSSR count). The first kappa shape index (κ1) is 29.4. The van der Waals surface area contributed by atoms with Crippen LogP contribution in [0.3, 0.4) is 0 Å². The summed E-state index contributed by atoms with van der Waals surface area (Å²) in [6, 6.07) is 24.2. The van der Waals surface area contributed by atoms with Gasteiger partial charge < -0.3 is 24.8 Å². The summed E-state index contributed by atoms with van der Waals surface area (Å²) in [6.45, 7) is 3.41. The van der Waals surface area contributed by atoms with E-state index in [2.05, 4.69) is 17.4 Å². The van der Waals surface area contributed by atoms with E-state index >= 15 is 0 Å². The summed E-state index contributed by atoms with van der Waals surface area (Å²) < 4.78 is 11.2. The molecule has 2 amide bonds. The Balaban J connectivity index is 1.53. The van der Waals surface area contributed by atoms with Crippen LogP contribution < -0.4 is 10.1 Å². The predicted octanol–water partition coefficient (Wildman–Crippen LogP) is 6.47. The zero-order valence-electron chi connectivity index (χ0n) is 21.3. The second-order valence-electron chi connectivity index (χ2n) is 8.42. The summed E-state index contributed by atoms with van der Waals surface area (Å²) in [5.41, 5.74) is 1.52. The molecule has 0 saturated carbocycles. The van der Waals surface area contributed by atoms with E-state index in [0.717, 1.165) is 17.7 Å². The van der Waals surface area contributed by atoms with Crippen molar-refractivity contribution in [3.8, 4) is 5.75 Å². The number of amides is 2. The van der Waals surface area contributed by atoms with Crippen LogP contribution >= 0.6 is 23.4 Å². The Hall–Kier alpha value is -3.20. The summed E-state index contributed by atoms with van der Waals surface area (Å²) in [4.78, 5) is 27.3. The van der Waals surface area contributed by atoms with E-state index in [9.17, 15) is 14.7 Å². The van der Waals surface area contributed by atoms with Gasteiger partial charge >= 0.3 is 12.0 Å². The molecule has 0 bridgehead atoms. The average Bonchev–Trinajstić information content (AvgIpc) is 2.92.